The number of carbonyl (C=O) groups excluding carboxylic acids is 1. The fourth-order valence-corrected chi connectivity index (χ4v) is 5.45. The van der Waals surface area contributed by atoms with Gasteiger partial charge in [0.25, 0.3) is 0 Å². The van der Waals surface area contributed by atoms with Crippen LogP contribution in [0.2, 0.25) is 0 Å². The summed E-state index contributed by atoms with van der Waals surface area (Å²) in [5.74, 6) is -0.454. The van der Waals surface area contributed by atoms with Crippen LogP contribution in [0.1, 0.15) is 49.1 Å². The molecule has 0 saturated heterocycles. The molecule has 1 fully saturated rings. The maximum Gasteiger partial charge on any atom is 0.417 e. The molecule has 13 heteroatoms. The number of halogens is 3. The van der Waals surface area contributed by atoms with E-state index in [-0.39, 0.29) is 35.6 Å². The molecule has 32 heavy (non-hydrogen) atoms. The average molecular weight is 475 g/mol. The lowest BCUT2D eigenvalue weighted by atomic mass is 9.75. The summed E-state index contributed by atoms with van der Waals surface area (Å²) >= 11 is 0. The second kappa shape index (κ2) is 9.24. The minimum absolute atomic E-state index is 0.0715. The van der Waals surface area contributed by atoms with Crippen molar-refractivity contribution < 1.29 is 26.4 Å². The molecular formula is C19H25F3N6O3S. The zero-order valence-corrected chi connectivity index (χ0v) is 18.2. The molecule has 0 aliphatic heterocycles. The molecule has 0 amide bonds. The van der Waals surface area contributed by atoms with Crippen LogP contribution in [0.4, 0.5) is 13.2 Å². The van der Waals surface area contributed by atoms with Crippen LogP contribution in [-0.4, -0.2) is 53.7 Å². The van der Waals surface area contributed by atoms with Gasteiger partial charge in [-0.3, -0.25) is 4.79 Å². The van der Waals surface area contributed by atoms with E-state index in [1.165, 1.54) is 6.07 Å². The largest absolute Gasteiger partial charge is 0.417 e. The zero-order valence-electron chi connectivity index (χ0n) is 17.4. The lowest BCUT2D eigenvalue weighted by molar-refractivity contribution is -0.139. The van der Waals surface area contributed by atoms with Gasteiger partial charge >= 0.3 is 6.18 Å². The van der Waals surface area contributed by atoms with Gasteiger partial charge in [-0.1, -0.05) is 6.07 Å². The molecule has 1 aromatic heterocycles. The smallest absolute Gasteiger partial charge is 0.328 e. The van der Waals surface area contributed by atoms with Crippen molar-refractivity contribution in [1.82, 2.24) is 20.6 Å². The van der Waals surface area contributed by atoms with Crippen LogP contribution >= 0.6 is 0 Å². The van der Waals surface area contributed by atoms with E-state index in [9.17, 15) is 26.4 Å². The standard InChI is InChI=1S/C19H25F3N6O3S/c1-32(30,31)17-13(19(20,21)22)7-6-12(16(17)18-25-27-28-26-18)11-4-2-10(3-5-11)8-15(29)14(24)9-23/h6-7,10-11,14H,2-5,8-9,23-24H2,1H3,(H,25,26,27,28)/t10?,11?,14-/m0/s1. The van der Waals surface area contributed by atoms with Gasteiger partial charge < -0.3 is 11.5 Å². The van der Waals surface area contributed by atoms with E-state index in [4.69, 9.17) is 11.5 Å². The number of carbonyl (C=O) groups is 1. The number of aromatic nitrogens is 4. The highest BCUT2D eigenvalue weighted by atomic mass is 32.2. The Morgan fingerprint density at radius 1 is 1.25 bits per heavy atom. The molecule has 3 rings (SSSR count). The number of ketones is 1. The Balaban J connectivity index is 1.99. The first-order valence-electron chi connectivity index (χ1n) is 10.1. The van der Waals surface area contributed by atoms with E-state index >= 15 is 0 Å². The third-order valence-electron chi connectivity index (χ3n) is 5.88. The number of aromatic amines is 1. The predicted octanol–water partition coefficient (Wildman–Crippen LogP) is 1.81. The normalized spacial score (nSPS) is 20.8. The Labute approximate surface area is 183 Å². The summed E-state index contributed by atoms with van der Waals surface area (Å²) in [6.45, 7) is 0.0715. The van der Waals surface area contributed by atoms with Crippen molar-refractivity contribution in [3.63, 3.8) is 0 Å². The van der Waals surface area contributed by atoms with Gasteiger partial charge in [0, 0.05) is 24.8 Å². The molecule has 9 nitrogen and oxygen atoms in total. The number of H-pyrrole nitrogens is 1. The van der Waals surface area contributed by atoms with Crippen molar-refractivity contribution in [2.75, 3.05) is 12.8 Å². The molecule has 1 aliphatic rings. The Hall–Kier alpha value is -2.38. The number of alkyl halides is 3. The van der Waals surface area contributed by atoms with Crippen LogP contribution in [0.5, 0.6) is 0 Å². The van der Waals surface area contributed by atoms with Crippen molar-refractivity contribution >= 4 is 15.6 Å². The highest BCUT2D eigenvalue weighted by molar-refractivity contribution is 7.91. The van der Waals surface area contributed by atoms with Gasteiger partial charge in [0.15, 0.2) is 15.6 Å². The monoisotopic (exact) mass is 474 g/mol. The Morgan fingerprint density at radius 2 is 1.91 bits per heavy atom. The number of nitrogens with one attached hydrogen (secondary N) is 1. The van der Waals surface area contributed by atoms with Crippen LogP contribution in [0.3, 0.4) is 0 Å². The summed E-state index contributed by atoms with van der Waals surface area (Å²) in [5, 5.41) is 13.1. The van der Waals surface area contributed by atoms with E-state index in [1.807, 2.05) is 0 Å². The maximum atomic E-state index is 13.7. The molecular weight excluding hydrogens is 449 g/mol. The summed E-state index contributed by atoms with van der Waals surface area (Å²) in [6, 6.07) is 1.39. The third kappa shape index (κ3) is 5.15. The number of tetrazole rings is 1. The molecule has 1 heterocycles. The summed E-state index contributed by atoms with van der Waals surface area (Å²) in [6.07, 6.45) is -1.43. The van der Waals surface area contributed by atoms with Crippen molar-refractivity contribution in [2.45, 2.75) is 55.1 Å². The number of hydrogen-bond acceptors (Lipinski definition) is 8. The minimum atomic E-state index is -4.88. The second-order valence-electron chi connectivity index (χ2n) is 8.14. The number of nitrogens with zero attached hydrogens (tertiary/aromatic N) is 3. The third-order valence-corrected chi connectivity index (χ3v) is 7.04. The minimum Gasteiger partial charge on any atom is -0.328 e. The fourth-order valence-electron chi connectivity index (χ4n) is 4.29. The van der Waals surface area contributed by atoms with Crippen molar-refractivity contribution in [1.29, 1.82) is 0 Å². The van der Waals surface area contributed by atoms with Crippen LogP contribution < -0.4 is 11.5 Å². The molecule has 1 saturated carbocycles. The number of nitrogens with two attached hydrogens (primary N) is 2. The molecule has 0 unspecified atom stereocenters. The fraction of sp³-hybridized carbons (Fsp3) is 0.579. The number of hydrogen-bond donors (Lipinski definition) is 3. The van der Waals surface area contributed by atoms with Crippen molar-refractivity contribution in [3.8, 4) is 11.4 Å². The maximum absolute atomic E-state index is 13.7. The van der Waals surface area contributed by atoms with E-state index < -0.39 is 32.5 Å². The topological polar surface area (TPSA) is 158 Å². The number of benzene rings is 1. The number of Topliss-reactive ketones (excluding diaryl/α,β-unsaturated/α-hetero) is 1. The van der Waals surface area contributed by atoms with Gasteiger partial charge in [-0.15, -0.1) is 10.2 Å². The van der Waals surface area contributed by atoms with Gasteiger partial charge in [0.1, 0.15) is 0 Å². The average Bonchev–Trinajstić information content (AvgIpc) is 3.26. The lowest BCUT2D eigenvalue weighted by Gasteiger charge is -2.30. The first-order chi connectivity index (χ1) is 14.9. The van der Waals surface area contributed by atoms with Crippen molar-refractivity contribution in [3.05, 3.63) is 23.3 Å². The molecule has 0 radical (unpaired) electrons. The van der Waals surface area contributed by atoms with Crippen LogP contribution in [0, 0.1) is 5.92 Å². The number of sulfone groups is 1. The van der Waals surface area contributed by atoms with Crippen LogP contribution in [-0.2, 0) is 20.8 Å². The first-order valence-corrected chi connectivity index (χ1v) is 12.0. The molecule has 1 atom stereocenters. The molecule has 176 valence electrons. The van der Waals surface area contributed by atoms with E-state index in [1.54, 1.807) is 0 Å². The first kappa shape index (κ1) is 24.3. The Bertz CT molecular complexity index is 1060. The highest BCUT2D eigenvalue weighted by Gasteiger charge is 2.40. The molecule has 1 aromatic carbocycles. The molecule has 5 N–H and O–H groups in total. The van der Waals surface area contributed by atoms with Crippen LogP contribution in [0.15, 0.2) is 17.0 Å². The quantitative estimate of drug-likeness (QED) is 0.548. The Morgan fingerprint density at radius 3 is 2.41 bits per heavy atom. The SMILES string of the molecule is CS(=O)(=O)c1c(C(F)(F)F)ccc(C2CCC(CC(=O)[C@@H](N)CN)CC2)c1-c1nn[nH]n1. The summed E-state index contributed by atoms with van der Waals surface area (Å²) in [4.78, 5) is 11.2. The van der Waals surface area contributed by atoms with E-state index in [0.29, 0.717) is 37.7 Å². The van der Waals surface area contributed by atoms with Crippen molar-refractivity contribution in [2.24, 2.45) is 17.4 Å². The van der Waals surface area contributed by atoms with E-state index in [2.05, 4.69) is 20.6 Å². The molecule has 2 aromatic rings. The van der Waals surface area contributed by atoms with Gasteiger partial charge in [0.2, 0.25) is 5.82 Å². The molecule has 0 bridgehead atoms. The van der Waals surface area contributed by atoms with Gasteiger partial charge in [0.05, 0.1) is 16.5 Å². The Kier molecular flexibility index (Phi) is 7.00. The summed E-state index contributed by atoms with van der Waals surface area (Å²) in [5.41, 5.74) is 10.1. The zero-order chi connectivity index (χ0) is 23.7. The molecule has 0 spiro atoms. The second-order valence-corrected chi connectivity index (χ2v) is 10.1. The van der Waals surface area contributed by atoms with Gasteiger partial charge in [-0.05, 0) is 54.4 Å². The number of rotatable bonds is 7. The summed E-state index contributed by atoms with van der Waals surface area (Å²) in [7, 11) is -4.29. The van der Waals surface area contributed by atoms with Crippen LogP contribution in [0.25, 0.3) is 11.4 Å². The predicted molar refractivity (Wildman–Crippen MR) is 109 cm³/mol. The van der Waals surface area contributed by atoms with Gasteiger partial charge in [-0.2, -0.15) is 18.4 Å². The highest BCUT2D eigenvalue weighted by Crippen LogP contribution is 2.46. The lowest BCUT2D eigenvalue weighted by Crippen LogP contribution is -2.38. The summed E-state index contributed by atoms with van der Waals surface area (Å²) < 4.78 is 65.9. The molecule has 1 aliphatic carbocycles. The van der Waals surface area contributed by atoms with Gasteiger partial charge in [-0.25, -0.2) is 8.42 Å². The van der Waals surface area contributed by atoms with E-state index in [0.717, 1.165) is 12.3 Å².